The second kappa shape index (κ2) is 4.97. The largest absolute Gasteiger partial charge is 0.304 e. The maximum absolute atomic E-state index is 4.93. The first-order valence-corrected chi connectivity index (χ1v) is 8.18. The van der Waals surface area contributed by atoms with Gasteiger partial charge in [0.1, 0.15) is 0 Å². The normalized spacial score (nSPS) is 11.5. The van der Waals surface area contributed by atoms with Gasteiger partial charge in [-0.05, 0) is 22.9 Å². The molecule has 0 aliphatic heterocycles. The van der Waals surface area contributed by atoms with Gasteiger partial charge in [-0.3, -0.25) is 0 Å². The summed E-state index contributed by atoms with van der Waals surface area (Å²) < 4.78 is 2.27. The minimum Gasteiger partial charge on any atom is -0.304 e. The van der Waals surface area contributed by atoms with Crippen molar-refractivity contribution < 1.29 is 0 Å². The molecule has 2 nitrogen and oxygen atoms in total. The standard InChI is InChI=1S/C21H15BN2/c22-21-23-19-17-12-6-4-10-15(17)16-11-5-7-13-18(16)20(19)24(21)14-8-2-1-3-9-14/h1-13H,22H2. The van der Waals surface area contributed by atoms with E-state index in [-0.39, 0.29) is 0 Å². The summed E-state index contributed by atoms with van der Waals surface area (Å²) in [7, 11) is 2.08. The highest BCUT2D eigenvalue weighted by atomic mass is 15.1. The van der Waals surface area contributed by atoms with E-state index in [4.69, 9.17) is 4.98 Å². The first kappa shape index (κ1) is 13.4. The van der Waals surface area contributed by atoms with Crippen molar-refractivity contribution in [3.63, 3.8) is 0 Å². The zero-order valence-corrected chi connectivity index (χ0v) is 13.4. The van der Waals surface area contributed by atoms with E-state index in [1.807, 2.05) is 6.07 Å². The first-order valence-electron chi connectivity index (χ1n) is 8.18. The van der Waals surface area contributed by atoms with Gasteiger partial charge in [-0.2, -0.15) is 0 Å². The van der Waals surface area contributed by atoms with Crippen LogP contribution in [0.3, 0.4) is 0 Å². The first-order chi connectivity index (χ1) is 11.8. The zero-order valence-electron chi connectivity index (χ0n) is 13.4. The molecule has 0 bridgehead atoms. The van der Waals surface area contributed by atoms with Gasteiger partial charge in [-0.15, -0.1) is 0 Å². The smallest absolute Gasteiger partial charge is 0.187 e. The maximum atomic E-state index is 4.93. The topological polar surface area (TPSA) is 17.8 Å². The number of rotatable bonds is 1. The average molecular weight is 306 g/mol. The lowest BCUT2D eigenvalue weighted by Crippen LogP contribution is -2.17. The molecule has 5 rings (SSSR count). The van der Waals surface area contributed by atoms with Gasteiger partial charge in [0.05, 0.1) is 16.8 Å². The molecule has 1 aromatic heterocycles. The SMILES string of the molecule is Bc1nc2c3ccccc3c3ccccc3c2n1-c1ccccc1. The molecule has 0 aliphatic carbocycles. The Morgan fingerprint density at radius 1 is 0.625 bits per heavy atom. The van der Waals surface area contributed by atoms with E-state index in [2.05, 4.69) is 85.2 Å². The number of hydrogen-bond donors (Lipinski definition) is 0. The molecular weight excluding hydrogens is 291 g/mol. The molecule has 0 spiro atoms. The van der Waals surface area contributed by atoms with Crippen LogP contribution >= 0.6 is 0 Å². The molecule has 112 valence electrons. The zero-order chi connectivity index (χ0) is 16.1. The second-order valence-corrected chi connectivity index (χ2v) is 6.12. The highest BCUT2D eigenvalue weighted by Crippen LogP contribution is 2.34. The number of imidazole rings is 1. The third-order valence-corrected chi connectivity index (χ3v) is 4.71. The minimum absolute atomic E-state index is 1.01. The highest BCUT2D eigenvalue weighted by Gasteiger charge is 2.16. The summed E-state index contributed by atoms with van der Waals surface area (Å²) in [5, 5.41) is 5.00. The summed E-state index contributed by atoms with van der Waals surface area (Å²) in [5.41, 5.74) is 4.43. The van der Waals surface area contributed by atoms with Gasteiger partial charge in [-0.1, -0.05) is 66.7 Å². The third-order valence-electron chi connectivity index (χ3n) is 4.71. The van der Waals surface area contributed by atoms with Crippen molar-refractivity contribution in [1.29, 1.82) is 0 Å². The highest BCUT2D eigenvalue weighted by molar-refractivity contribution is 6.33. The number of fused-ring (bicyclic) bond motifs is 6. The Morgan fingerprint density at radius 3 is 1.88 bits per heavy atom. The monoisotopic (exact) mass is 306 g/mol. The van der Waals surface area contributed by atoms with E-state index < -0.39 is 0 Å². The maximum Gasteiger partial charge on any atom is 0.187 e. The summed E-state index contributed by atoms with van der Waals surface area (Å²) in [6.45, 7) is 0. The van der Waals surface area contributed by atoms with Crippen molar-refractivity contribution in [1.82, 2.24) is 9.55 Å². The Labute approximate surface area is 140 Å². The van der Waals surface area contributed by atoms with Gasteiger partial charge in [0.15, 0.2) is 7.85 Å². The number of aromatic nitrogens is 2. The van der Waals surface area contributed by atoms with Crippen molar-refractivity contribution >= 4 is 46.1 Å². The molecule has 3 heteroatoms. The van der Waals surface area contributed by atoms with E-state index in [0.717, 1.165) is 16.9 Å². The predicted molar refractivity (Wildman–Crippen MR) is 104 cm³/mol. The second-order valence-electron chi connectivity index (χ2n) is 6.12. The Bertz CT molecular complexity index is 1210. The summed E-state index contributed by atoms with van der Waals surface area (Å²) >= 11 is 0. The Morgan fingerprint density at radius 2 is 1.17 bits per heavy atom. The Hall–Kier alpha value is -3.07. The summed E-state index contributed by atoms with van der Waals surface area (Å²) in [4.78, 5) is 4.93. The van der Waals surface area contributed by atoms with E-state index in [1.165, 1.54) is 27.1 Å². The van der Waals surface area contributed by atoms with E-state index in [9.17, 15) is 0 Å². The van der Waals surface area contributed by atoms with Crippen molar-refractivity contribution in [2.75, 3.05) is 0 Å². The van der Waals surface area contributed by atoms with Crippen LogP contribution in [0.4, 0.5) is 0 Å². The fourth-order valence-corrected chi connectivity index (χ4v) is 3.71. The van der Waals surface area contributed by atoms with Crippen LogP contribution < -0.4 is 5.72 Å². The molecule has 0 unspecified atom stereocenters. The van der Waals surface area contributed by atoms with Crippen LogP contribution in [0.5, 0.6) is 0 Å². The molecule has 0 atom stereocenters. The van der Waals surface area contributed by atoms with Gasteiger partial charge in [0.2, 0.25) is 0 Å². The van der Waals surface area contributed by atoms with Crippen LogP contribution in [0, 0.1) is 0 Å². The molecule has 0 fully saturated rings. The molecule has 0 N–H and O–H groups in total. The number of hydrogen-bond acceptors (Lipinski definition) is 1. The van der Waals surface area contributed by atoms with Gasteiger partial charge < -0.3 is 4.57 Å². The lowest BCUT2D eigenvalue weighted by molar-refractivity contribution is 1.15. The molecule has 0 radical (unpaired) electrons. The van der Waals surface area contributed by atoms with Crippen LogP contribution in [0.1, 0.15) is 0 Å². The number of nitrogens with zero attached hydrogens (tertiary/aromatic N) is 2. The molecule has 0 aliphatic rings. The molecule has 24 heavy (non-hydrogen) atoms. The van der Waals surface area contributed by atoms with Gasteiger partial charge >= 0.3 is 0 Å². The molecule has 0 saturated heterocycles. The number of para-hydroxylation sites is 1. The fourth-order valence-electron chi connectivity index (χ4n) is 3.71. The molecule has 4 aromatic carbocycles. The molecule has 5 aromatic rings. The minimum atomic E-state index is 1.01. The summed E-state index contributed by atoms with van der Waals surface area (Å²) in [5.74, 6) is 0. The fraction of sp³-hybridized carbons (Fsp3) is 0. The summed E-state index contributed by atoms with van der Waals surface area (Å²) in [6.07, 6.45) is 0. The molecule has 0 saturated carbocycles. The van der Waals surface area contributed by atoms with Gasteiger partial charge in [0, 0.05) is 16.5 Å². The van der Waals surface area contributed by atoms with E-state index in [1.54, 1.807) is 0 Å². The van der Waals surface area contributed by atoms with Crippen LogP contribution in [-0.4, -0.2) is 17.4 Å². The van der Waals surface area contributed by atoms with Crippen molar-refractivity contribution in [2.24, 2.45) is 0 Å². The average Bonchev–Trinajstić information content (AvgIpc) is 3.00. The Balaban J connectivity index is 2.09. The quantitative estimate of drug-likeness (QED) is 0.342. The predicted octanol–water partition coefficient (Wildman–Crippen LogP) is 3.59. The lowest BCUT2D eigenvalue weighted by Gasteiger charge is -2.11. The van der Waals surface area contributed by atoms with Crippen molar-refractivity contribution in [2.45, 2.75) is 0 Å². The van der Waals surface area contributed by atoms with Crippen LogP contribution in [0.15, 0.2) is 78.9 Å². The van der Waals surface area contributed by atoms with Crippen LogP contribution in [0.25, 0.3) is 38.3 Å². The van der Waals surface area contributed by atoms with Crippen molar-refractivity contribution in [3.05, 3.63) is 78.9 Å². The Kier molecular flexibility index (Phi) is 2.77. The molecular formula is C21H15BN2. The molecule has 0 amide bonds. The van der Waals surface area contributed by atoms with E-state index >= 15 is 0 Å². The number of benzene rings is 4. The summed E-state index contributed by atoms with van der Waals surface area (Å²) in [6, 6.07) is 27.6. The van der Waals surface area contributed by atoms with Crippen LogP contribution in [0.2, 0.25) is 0 Å². The lowest BCUT2D eigenvalue weighted by atomic mass is 10.00. The third kappa shape index (κ3) is 1.75. The van der Waals surface area contributed by atoms with Gasteiger partial charge in [0.25, 0.3) is 0 Å². The van der Waals surface area contributed by atoms with Crippen molar-refractivity contribution in [3.8, 4) is 5.69 Å². The molecule has 1 heterocycles. The van der Waals surface area contributed by atoms with Crippen LogP contribution in [-0.2, 0) is 0 Å². The van der Waals surface area contributed by atoms with E-state index in [0.29, 0.717) is 0 Å². The van der Waals surface area contributed by atoms with Gasteiger partial charge in [-0.25, -0.2) is 4.98 Å².